The molecule has 0 bridgehead atoms. The lowest BCUT2D eigenvalue weighted by Crippen LogP contribution is -2.54. The second-order valence-corrected chi connectivity index (χ2v) is 3.65. The zero-order chi connectivity index (χ0) is 13.0. The van der Waals surface area contributed by atoms with Crippen molar-refractivity contribution in [3.05, 3.63) is 12.3 Å². The zero-order valence-corrected chi connectivity index (χ0v) is 9.96. The van der Waals surface area contributed by atoms with E-state index in [0.29, 0.717) is 6.61 Å². The minimum Gasteiger partial charge on any atom is -0.463 e. The van der Waals surface area contributed by atoms with Gasteiger partial charge >= 0.3 is 5.97 Å². The van der Waals surface area contributed by atoms with Crippen LogP contribution in [0.15, 0.2) is 12.3 Å². The van der Waals surface area contributed by atoms with Crippen LogP contribution < -0.4 is 0 Å². The summed E-state index contributed by atoms with van der Waals surface area (Å²) < 4.78 is 15.4. The molecule has 0 radical (unpaired) electrons. The molecule has 0 aliphatic carbocycles. The molecule has 0 spiro atoms. The van der Waals surface area contributed by atoms with Gasteiger partial charge in [0.2, 0.25) is 6.29 Å². The average Bonchev–Trinajstić information content (AvgIpc) is 2.31. The summed E-state index contributed by atoms with van der Waals surface area (Å²) in [5, 5.41) is 19.4. The largest absolute Gasteiger partial charge is 0.463 e. The highest BCUT2D eigenvalue weighted by Crippen LogP contribution is 2.26. The Bertz CT molecular complexity index is 290. The molecule has 4 atom stereocenters. The third kappa shape index (κ3) is 3.18. The Morgan fingerprint density at radius 2 is 2.12 bits per heavy atom. The van der Waals surface area contributed by atoms with Crippen LogP contribution in [0.1, 0.15) is 20.3 Å². The van der Waals surface area contributed by atoms with Crippen molar-refractivity contribution in [2.24, 2.45) is 0 Å². The van der Waals surface area contributed by atoms with Crippen LogP contribution in [0.3, 0.4) is 0 Å². The van der Waals surface area contributed by atoms with Crippen LogP contribution in [0, 0.1) is 0 Å². The minimum atomic E-state index is -1.30. The van der Waals surface area contributed by atoms with Crippen molar-refractivity contribution in [3.63, 3.8) is 0 Å². The fraction of sp³-hybridized carbons (Fsp3) is 0.727. The lowest BCUT2D eigenvalue weighted by Gasteiger charge is -2.38. The lowest BCUT2D eigenvalue weighted by molar-refractivity contribution is -0.251. The summed E-state index contributed by atoms with van der Waals surface area (Å²) in [6.45, 7) is 7.15. The van der Waals surface area contributed by atoms with Crippen LogP contribution in [0.4, 0.5) is 0 Å². The van der Waals surface area contributed by atoms with Gasteiger partial charge in [0, 0.05) is 13.0 Å². The first kappa shape index (κ1) is 14.0. The minimum absolute atomic E-state index is 0.000234. The average molecular weight is 246 g/mol. The normalized spacial score (nSPS) is 33.1. The topological polar surface area (TPSA) is 85.2 Å². The number of carbonyl (C=O) groups is 1. The maximum atomic E-state index is 11.2. The summed E-state index contributed by atoms with van der Waals surface area (Å²) in [7, 11) is 0. The van der Waals surface area contributed by atoms with Crippen LogP contribution >= 0.6 is 0 Å². The van der Waals surface area contributed by atoms with Gasteiger partial charge in [-0.25, -0.2) is 0 Å². The van der Waals surface area contributed by atoms with Gasteiger partial charge in [-0.1, -0.05) is 13.5 Å². The van der Waals surface area contributed by atoms with Crippen LogP contribution in [0.25, 0.3) is 0 Å². The fourth-order valence-corrected chi connectivity index (χ4v) is 1.47. The molecule has 0 saturated carbocycles. The Morgan fingerprint density at radius 3 is 2.65 bits per heavy atom. The van der Waals surface area contributed by atoms with Gasteiger partial charge in [-0.3, -0.25) is 4.79 Å². The van der Waals surface area contributed by atoms with Crippen LogP contribution in [0.5, 0.6) is 0 Å². The SMILES string of the molecule is C=C1OC(OCC)C(OC(=O)CC)C(O)[C@@H]1O. The van der Waals surface area contributed by atoms with Gasteiger partial charge in [0.1, 0.15) is 18.0 Å². The maximum Gasteiger partial charge on any atom is 0.306 e. The van der Waals surface area contributed by atoms with Crippen LogP contribution in [-0.2, 0) is 19.0 Å². The van der Waals surface area contributed by atoms with Crippen molar-refractivity contribution in [3.8, 4) is 0 Å². The van der Waals surface area contributed by atoms with Gasteiger partial charge in [0.15, 0.2) is 6.10 Å². The Morgan fingerprint density at radius 1 is 1.47 bits per heavy atom. The molecule has 1 saturated heterocycles. The zero-order valence-electron chi connectivity index (χ0n) is 9.96. The summed E-state index contributed by atoms with van der Waals surface area (Å²) in [6.07, 6.45) is -4.42. The van der Waals surface area contributed by atoms with Gasteiger partial charge < -0.3 is 24.4 Å². The molecule has 0 aromatic rings. The molecule has 6 nitrogen and oxygen atoms in total. The Balaban J connectivity index is 2.78. The van der Waals surface area contributed by atoms with Gasteiger partial charge in [-0.2, -0.15) is 0 Å². The molecule has 0 aromatic carbocycles. The second kappa shape index (κ2) is 6.00. The quantitative estimate of drug-likeness (QED) is 0.676. The van der Waals surface area contributed by atoms with Gasteiger partial charge in [-0.05, 0) is 6.92 Å². The summed E-state index contributed by atoms with van der Waals surface area (Å²) >= 11 is 0. The number of esters is 1. The van der Waals surface area contributed by atoms with Crippen LogP contribution in [-0.4, -0.2) is 47.4 Å². The number of aliphatic hydroxyl groups is 2. The molecule has 2 N–H and O–H groups in total. The smallest absolute Gasteiger partial charge is 0.306 e. The Labute approximate surface area is 99.8 Å². The Kier molecular flexibility index (Phi) is 4.92. The maximum absolute atomic E-state index is 11.2. The number of carbonyl (C=O) groups excluding carboxylic acids is 1. The monoisotopic (exact) mass is 246 g/mol. The van der Waals surface area contributed by atoms with E-state index in [4.69, 9.17) is 14.2 Å². The molecule has 1 aliphatic rings. The molecule has 0 aromatic heterocycles. The van der Waals surface area contributed by atoms with Crippen molar-refractivity contribution in [2.45, 2.75) is 44.9 Å². The van der Waals surface area contributed by atoms with Crippen molar-refractivity contribution < 1.29 is 29.2 Å². The molecule has 98 valence electrons. The molecule has 1 aliphatic heterocycles. The number of ether oxygens (including phenoxy) is 3. The van der Waals surface area contributed by atoms with E-state index in [0.717, 1.165) is 0 Å². The molecule has 1 rings (SSSR count). The highest BCUT2D eigenvalue weighted by atomic mass is 16.7. The first-order valence-electron chi connectivity index (χ1n) is 5.53. The molecule has 6 heteroatoms. The van der Waals surface area contributed by atoms with E-state index in [-0.39, 0.29) is 12.2 Å². The van der Waals surface area contributed by atoms with Crippen molar-refractivity contribution >= 4 is 5.97 Å². The lowest BCUT2D eigenvalue weighted by atomic mass is 10.0. The third-order valence-electron chi connectivity index (χ3n) is 2.41. The van der Waals surface area contributed by atoms with E-state index in [1.807, 2.05) is 0 Å². The molecule has 0 amide bonds. The van der Waals surface area contributed by atoms with E-state index in [2.05, 4.69) is 6.58 Å². The molecule has 1 fully saturated rings. The van der Waals surface area contributed by atoms with E-state index >= 15 is 0 Å². The predicted octanol–water partition coefficient (Wildman–Crippen LogP) is -0.0635. The number of rotatable bonds is 4. The van der Waals surface area contributed by atoms with Gasteiger partial charge in [-0.15, -0.1) is 0 Å². The summed E-state index contributed by atoms with van der Waals surface area (Å²) in [5.41, 5.74) is 0. The highest BCUT2D eigenvalue weighted by molar-refractivity contribution is 5.69. The van der Waals surface area contributed by atoms with E-state index in [1.165, 1.54) is 0 Å². The summed E-state index contributed by atoms with van der Waals surface area (Å²) in [5.74, 6) is -0.498. The second-order valence-electron chi connectivity index (χ2n) is 3.65. The fourth-order valence-electron chi connectivity index (χ4n) is 1.47. The van der Waals surface area contributed by atoms with Crippen molar-refractivity contribution in [1.82, 2.24) is 0 Å². The number of hydrogen-bond acceptors (Lipinski definition) is 6. The van der Waals surface area contributed by atoms with E-state index in [1.54, 1.807) is 13.8 Å². The summed E-state index contributed by atoms with van der Waals surface area (Å²) in [6, 6.07) is 0. The number of hydrogen-bond donors (Lipinski definition) is 2. The number of aliphatic hydroxyl groups excluding tert-OH is 2. The first-order chi connectivity index (χ1) is 8.01. The van der Waals surface area contributed by atoms with E-state index < -0.39 is 30.6 Å². The first-order valence-corrected chi connectivity index (χ1v) is 5.53. The van der Waals surface area contributed by atoms with Crippen molar-refractivity contribution in [2.75, 3.05) is 6.61 Å². The molecule has 1 heterocycles. The van der Waals surface area contributed by atoms with Crippen LogP contribution in [0.2, 0.25) is 0 Å². The Hall–Kier alpha value is -1.11. The van der Waals surface area contributed by atoms with Gasteiger partial charge in [0.05, 0.1) is 0 Å². The molecule has 3 unspecified atom stereocenters. The van der Waals surface area contributed by atoms with Gasteiger partial charge in [0.25, 0.3) is 0 Å². The van der Waals surface area contributed by atoms with Crippen molar-refractivity contribution in [1.29, 1.82) is 0 Å². The molecule has 17 heavy (non-hydrogen) atoms. The molecular weight excluding hydrogens is 228 g/mol. The predicted molar refractivity (Wildman–Crippen MR) is 57.8 cm³/mol. The van der Waals surface area contributed by atoms with E-state index in [9.17, 15) is 15.0 Å². The highest BCUT2D eigenvalue weighted by Gasteiger charge is 2.44. The molecular formula is C11H18O6. The third-order valence-corrected chi connectivity index (χ3v) is 2.41. The summed E-state index contributed by atoms with van der Waals surface area (Å²) in [4.78, 5) is 11.2. The standard InChI is InChI=1S/C11H18O6/c1-4-7(12)17-10-9(14)8(13)6(3)16-11(10)15-5-2/h8-11,13-14H,3-5H2,1-2H3/t8-,9?,10?,11?/m1/s1.